The number of aldehydes is 1. The topological polar surface area (TPSA) is 51.2 Å². The van der Waals surface area contributed by atoms with Crippen molar-refractivity contribution in [1.29, 1.82) is 0 Å². The van der Waals surface area contributed by atoms with Crippen LogP contribution in [0.15, 0.2) is 70.5 Å². The van der Waals surface area contributed by atoms with E-state index in [0.29, 0.717) is 16.9 Å². The van der Waals surface area contributed by atoms with E-state index in [1.54, 1.807) is 36.4 Å². The van der Waals surface area contributed by atoms with Gasteiger partial charge in [-0.2, -0.15) is 0 Å². The number of hydrogen-bond donors (Lipinski definition) is 0. The molecule has 0 saturated heterocycles. The zero-order valence-corrected chi connectivity index (χ0v) is 12.9. The van der Waals surface area contributed by atoms with Crippen molar-refractivity contribution in [2.45, 2.75) is 9.79 Å². The summed E-state index contributed by atoms with van der Waals surface area (Å²) in [5.74, 6) is 0. The Labute approximate surface area is 133 Å². The van der Waals surface area contributed by atoms with E-state index in [9.17, 15) is 13.2 Å². The molecule has 0 bridgehead atoms. The van der Waals surface area contributed by atoms with Crippen LogP contribution in [0.3, 0.4) is 0 Å². The van der Waals surface area contributed by atoms with Gasteiger partial charge in [0.2, 0.25) is 9.84 Å². The van der Waals surface area contributed by atoms with Gasteiger partial charge in [-0.15, -0.1) is 0 Å². The molecule has 0 saturated carbocycles. The van der Waals surface area contributed by atoms with E-state index in [1.165, 1.54) is 24.3 Å². The minimum absolute atomic E-state index is 0.159. The highest BCUT2D eigenvalue weighted by Crippen LogP contribution is 2.26. The van der Waals surface area contributed by atoms with Crippen molar-refractivity contribution >= 4 is 38.5 Å². The first kappa shape index (κ1) is 14.8. The molecule has 22 heavy (non-hydrogen) atoms. The lowest BCUT2D eigenvalue weighted by molar-refractivity contribution is 0.112. The van der Waals surface area contributed by atoms with Crippen LogP contribution in [-0.2, 0) is 9.84 Å². The third-order valence-electron chi connectivity index (χ3n) is 3.41. The number of fused-ring (bicyclic) bond motifs is 1. The molecule has 0 spiro atoms. The summed E-state index contributed by atoms with van der Waals surface area (Å²) < 4.78 is 25.3. The first-order valence-electron chi connectivity index (χ1n) is 6.50. The number of rotatable bonds is 3. The standard InChI is InChI=1S/C17H11ClO3S/c18-15-5-3-14-10-17(8-4-13(14)9-15)22(20,21)16-6-1-12(11-19)2-7-16/h1-11H. The van der Waals surface area contributed by atoms with Crippen molar-refractivity contribution in [3.63, 3.8) is 0 Å². The molecule has 0 aliphatic carbocycles. The second kappa shape index (κ2) is 5.55. The van der Waals surface area contributed by atoms with Crippen LogP contribution in [0, 0.1) is 0 Å². The lowest BCUT2D eigenvalue weighted by atomic mass is 10.1. The Bertz CT molecular complexity index is 961. The Morgan fingerprint density at radius 1 is 0.773 bits per heavy atom. The molecule has 3 nitrogen and oxygen atoms in total. The van der Waals surface area contributed by atoms with Gasteiger partial charge in [-0.1, -0.05) is 35.9 Å². The predicted octanol–water partition coefficient (Wildman–Crippen LogP) is 4.14. The van der Waals surface area contributed by atoms with Crippen molar-refractivity contribution in [2.75, 3.05) is 0 Å². The molecular weight excluding hydrogens is 320 g/mol. The smallest absolute Gasteiger partial charge is 0.206 e. The molecule has 0 aliphatic rings. The maximum absolute atomic E-state index is 12.6. The van der Waals surface area contributed by atoms with Crippen molar-refractivity contribution in [3.8, 4) is 0 Å². The zero-order valence-electron chi connectivity index (χ0n) is 11.4. The van der Waals surface area contributed by atoms with Crippen LogP contribution >= 0.6 is 11.6 Å². The second-order valence-electron chi connectivity index (χ2n) is 4.84. The Balaban J connectivity index is 2.11. The average molecular weight is 331 g/mol. The molecule has 3 rings (SSSR count). The summed E-state index contributed by atoms with van der Waals surface area (Å²) in [6.45, 7) is 0. The van der Waals surface area contributed by atoms with E-state index < -0.39 is 9.84 Å². The molecule has 0 aliphatic heterocycles. The van der Waals surface area contributed by atoms with E-state index in [1.807, 2.05) is 0 Å². The van der Waals surface area contributed by atoms with Gasteiger partial charge in [-0.05, 0) is 47.2 Å². The van der Waals surface area contributed by atoms with Crippen LogP contribution < -0.4 is 0 Å². The van der Waals surface area contributed by atoms with Crippen LogP contribution in [-0.4, -0.2) is 14.7 Å². The third-order valence-corrected chi connectivity index (χ3v) is 5.41. The van der Waals surface area contributed by atoms with E-state index in [-0.39, 0.29) is 9.79 Å². The van der Waals surface area contributed by atoms with Crippen LogP contribution in [0.2, 0.25) is 5.02 Å². The first-order valence-corrected chi connectivity index (χ1v) is 8.36. The summed E-state index contributed by atoms with van der Waals surface area (Å²) in [6, 6.07) is 16.0. The molecule has 3 aromatic carbocycles. The van der Waals surface area contributed by atoms with Crippen LogP contribution in [0.4, 0.5) is 0 Å². The maximum atomic E-state index is 12.6. The summed E-state index contributed by atoms with van der Waals surface area (Å²) in [6.07, 6.45) is 0.677. The molecule has 0 N–H and O–H groups in total. The molecule has 110 valence electrons. The van der Waals surface area contributed by atoms with Gasteiger partial charge in [0.1, 0.15) is 6.29 Å². The lowest BCUT2D eigenvalue weighted by Gasteiger charge is -2.07. The fourth-order valence-electron chi connectivity index (χ4n) is 2.22. The molecule has 0 fully saturated rings. The second-order valence-corrected chi connectivity index (χ2v) is 7.23. The SMILES string of the molecule is O=Cc1ccc(S(=O)(=O)c2ccc3cc(Cl)ccc3c2)cc1. The van der Waals surface area contributed by atoms with Gasteiger partial charge < -0.3 is 0 Å². The number of hydrogen-bond acceptors (Lipinski definition) is 3. The summed E-state index contributed by atoms with van der Waals surface area (Å²) >= 11 is 5.93. The van der Waals surface area contributed by atoms with Gasteiger partial charge in [0.15, 0.2) is 0 Å². The highest BCUT2D eigenvalue weighted by atomic mass is 35.5. The van der Waals surface area contributed by atoms with Crippen LogP contribution in [0.25, 0.3) is 10.8 Å². The fourth-order valence-corrected chi connectivity index (χ4v) is 3.70. The van der Waals surface area contributed by atoms with Gasteiger partial charge in [-0.25, -0.2) is 8.42 Å². The quantitative estimate of drug-likeness (QED) is 0.678. The predicted molar refractivity (Wildman–Crippen MR) is 86.2 cm³/mol. The molecule has 0 amide bonds. The zero-order chi connectivity index (χ0) is 15.7. The maximum Gasteiger partial charge on any atom is 0.206 e. The molecule has 0 radical (unpaired) electrons. The van der Waals surface area contributed by atoms with Crippen LogP contribution in [0.1, 0.15) is 10.4 Å². The fraction of sp³-hybridized carbons (Fsp3) is 0. The molecule has 0 aromatic heterocycles. The first-order chi connectivity index (χ1) is 10.5. The van der Waals surface area contributed by atoms with Crippen molar-refractivity contribution in [3.05, 3.63) is 71.2 Å². The molecule has 3 aromatic rings. The van der Waals surface area contributed by atoms with Crippen molar-refractivity contribution in [1.82, 2.24) is 0 Å². The molecule has 0 heterocycles. The van der Waals surface area contributed by atoms with E-state index in [0.717, 1.165) is 10.8 Å². The minimum Gasteiger partial charge on any atom is -0.298 e. The van der Waals surface area contributed by atoms with Crippen molar-refractivity contribution in [2.24, 2.45) is 0 Å². The third kappa shape index (κ3) is 2.63. The molecule has 0 unspecified atom stereocenters. The summed E-state index contributed by atoms with van der Waals surface area (Å²) in [4.78, 5) is 11.0. The molecular formula is C17H11ClO3S. The Morgan fingerprint density at radius 2 is 1.36 bits per heavy atom. The van der Waals surface area contributed by atoms with E-state index in [4.69, 9.17) is 11.6 Å². The number of benzene rings is 3. The highest BCUT2D eigenvalue weighted by Gasteiger charge is 2.17. The number of sulfone groups is 1. The van der Waals surface area contributed by atoms with Crippen molar-refractivity contribution < 1.29 is 13.2 Å². The number of carbonyl (C=O) groups is 1. The largest absolute Gasteiger partial charge is 0.298 e. The molecule has 0 atom stereocenters. The monoisotopic (exact) mass is 330 g/mol. The van der Waals surface area contributed by atoms with Gasteiger partial charge in [0.25, 0.3) is 0 Å². The lowest BCUT2D eigenvalue weighted by Crippen LogP contribution is -2.02. The van der Waals surface area contributed by atoms with Gasteiger partial charge >= 0.3 is 0 Å². The number of carbonyl (C=O) groups excluding carboxylic acids is 1. The Hall–Kier alpha value is -2.17. The van der Waals surface area contributed by atoms with Crippen LogP contribution in [0.5, 0.6) is 0 Å². The summed E-state index contributed by atoms with van der Waals surface area (Å²) in [5.41, 5.74) is 0.437. The minimum atomic E-state index is -3.61. The average Bonchev–Trinajstić information content (AvgIpc) is 2.54. The van der Waals surface area contributed by atoms with Gasteiger partial charge in [-0.3, -0.25) is 4.79 Å². The van der Waals surface area contributed by atoms with Gasteiger partial charge in [0.05, 0.1) is 9.79 Å². The van der Waals surface area contributed by atoms with Gasteiger partial charge in [0, 0.05) is 10.6 Å². The normalized spacial score (nSPS) is 11.5. The Kier molecular flexibility index (Phi) is 3.72. The summed E-state index contributed by atoms with van der Waals surface area (Å²) in [7, 11) is -3.61. The molecule has 5 heteroatoms. The van der Waals surface area contributed by atoms with E-state index in [2.05, 4.69) is 0 Å². The number of halogens is 1. The highest BCUT2D eigenvalue weighted by molar-refractivity contribution is 7.91. The Morgan fingerprint density at radius 3 is 2.05 bits per heavy atom. The summed E-state index contributed by atoms with van der Waals surface area (Å²) in [5, 5.41) is 2.28. The van der Waals surface area contributed by atoms with E-state index >= 15 is 0 Å².